The van der Waals surface area contributed by atoms with Gasteiger partial charge in [-0.3, -0.25) is 9.78 Å². The van der Waals surface area contributed by atoms with Crippen LogP contribution >= 0.6 is 11.6 Å². The number of hydrogen-bond donors (Lipinski definition) is 6. The lowest BCUT2D eigenvalue weighted by molar-refractivity contribution is -0.606. The minimum Gasteiger partial charge on any atom is -0.619 e. The molecule has 0 spiro atoms. The lowest BCUT2D eigenvalue weighted by Gasteiger charge is -2.18. The molecule has 0 amide bonds. The zero-order valence-corrected chi connectivity index (χ0v) is 57.5. The molecule has 0 unspecified atom stereocenters. The van der Waals surface area contributed by atoms with Gasteiger partial charge in [0.15, 0.2) is 30.6 Å². The van der Waals surface area contributed by atoms with Crippen LogP contribution in [-0.4, -0.2) is 15.8 Å². The molecule has 12 nitrogen and oxygen atoms in total. The number of hydrogen-bond acceptors (Lipinski definition) is 9. The van der Waals surface area contributed by atoms with Crippen LogP contribution < -0.4 is 37.3 Å². The number of H-pyrrole nitrogens is 1. The fourth-order valence-electron chi connectivity index (χ4n) is 8.77. The number of carbonyl (C=O) groups excluding carboxylic acids is 1. The van der Waals surface area contributed by atoms with Gasteiger partial charge in [0.1, 0.15) is 5.82 Å². The summed E-state index contributed by atoms with van der Waals surface area (Å²) in [5, 5.41) is 30.0. The van der Waals surface area contributed by atoms with Crippen LogP contribution in [0.3, 0.4) is 0 Å². The lowest BCUT2D eigenvalue weighted by Crippen LogP contribution is -2.26. The highest BCUT2D eigenvalue weighted by molar-refractivity contribution is 6.31. The molecule has 13 heteroatoms. The van der Waals surface area contributed by atoms with Gasteiger partial charge in [-0.05, 0) is 175 Å². The predicted molar refractivity (Wildman–Crippen MR) is 375 cm³/mol. The van der Waals surface area contributed by atoms with E-state index in [1.807, 2.05) is 118 Å². The highest BCUT2D eigenvalue weighted by atomic mass is 35.5. The minimum atomic E-state index is 0.283. The van der Waals surface area contributed by atoms with Crippen molar-refractivity contribution in [1.82, 2.24) is 20.6 Å². The standard InChI is InChI=1S/C11H12ClN.C10H14O.2C9H14N2.2C9H13NO.2C9H13N/c1-7(2)10-5-8(12)6-11-9(10)3-4-13-11;1-7(2)9-6-8(3)4-5-10(9)11;1-6(2)9-5-8(10)4-7(3)11-9;1-6(2)8-4-7(3)11-9(10)5-8;2*1-7(2)9-4-8(3)5-10(11)6-9;1-7(2)9-4-8(3)5-10-6-9;1-7(2)8-4-3-5-9(10)6-8/h3-7,13H,1-2H3;4,6-7H,5H2,1-3H3;2*4-6,11H,3,10H2,1-2H3;2*4-7H,1-3H3;4-7H,1-3H3;3-7H,10H2,1-2H3. The summed E-state index contributed by atoms with van der Waals surface area (Å²) in [5.41, 5.74) is 35.3. The molecule has 6 heterocycles. The number of aromatic amines is 1. The first-order chi connectivity index (χ1) is 41.1. The maximum absolute atomic E-state index is 11.3. The Morgan fingerprint density at radius 2 is 1.10 bits per heavy atom. The number of nitrogens with one attached hydrogen (secondary N) is 3. The Morgan fingerprint density at radius 3 is 1.52 bits per heavy atom. The molecule has 1 aliphatic carbocycles. The van der Waals surface area contributed by atoms with E-state index < -0.39 is 0 Å². The molecule has 0 saturated heterocycles. The highest BCUT2D eigenvalue weighted by Gasteiger charge is 2.15. The van der Waals surface area contributed by atoms with Crippen LogP contribution in [0.15, 0.2) is 199 Å². The van der Waals surface area contributed by atoms with E-state index >= 15 is 0 Å². The third-order valence-electron chi connectivity index (χ3n) is 13.9. The van der Waals surface area contributed by atoms with Crippen LogP contribution in [-0.2, 0) is 4.79 Å². The fraction of sp³-hybridized carbons (Fsp3) is 0.387. The summed E-state index contributed by atoms with van der Waals surface area (Å²) in [5.74, 6) is 4.84. The number of benzene rings is 2. The largest absolute Gasteiger partial charge is 0.619 e. The number of aryl methyl sites for hydroxylation is 3. The predicted octanol–water partition coefficient (Wildman–Crippen LogP) is 17.8. The molecule has 0 fully saturated rings. The smallest absolute Gasteiger partial charge is 0.183 e. The monoisotopic (exact) mass is 1220 g/mol. The first-order valence-electron chi connectivity index (χ1n) is 30.7. The van der Waals surface area contributed by atoms with Crippen molar-refractivity contribution in [2.75, 3.05) is 5.73 Å². The first kappa shape index (κ1) is 76.0. The highest BCUT2D eigenvalue weighted by Crippen LogP contribution is 2.29. The van der Waals surface area contributed by atoms with Crippen LogP contribution in [0.5, 0.6) is 0 Å². The molecule has 0 bridgehead atoms. The van der Waals surface area contributed by atoms with Gasteiger partial charge in [-0.15, -0.1) is 0 Å². The van der Waals surface area contributed by atoms with E-state index in [2.05, 4.69) is 170 Å². The number of anilines is 1. The van der Waals surface area contributed by atoms with Gasteiger partial charge in [0, 0.05) is 91.7 Å². The van der Waals surface area contributed by atoms with E-state index in [1.54, 1.807) is 24.8 Å². The van der Waals surface area contributed by atoms with Gasteiger partial charge in [0.25, 0.3) is 0 Å². The Bertz CT molecular complexity index is 3270. The van der Waals surface area contributed by atoms with Crippen LogP contribution in [0.25, 0.3) is 10.9 Å². The van der Waals surface area contributed by atoms with E-state index in [9.17, 15) is 15.2 Å². The molecule has 4 aromatic heterocycles. The summed E-state index contributed by atoms with van der Waals surface area (Å²) in [6, 6.07) is 20.4. The quantitative estimate of drug-likeness (QED) is 0.0487. The van der Waals surface area contributed by atoms with Gasteiger partial charge in [0.2, 0.25) is 0 Å². The Hall–Kier alpha value is -8.09. The summed E-state index contributed by atoms with van der Waals surface area (Å²) >= 11 is 6.00. The minimum absolute atomic E-state index is 0.283. The number of pyridine rings is 3. The maximum atomic E-state index is 11.3. The van der Waals surface area contributed by atoms with Crippen LogP contribution in [0, 0.1) is 48.9 Å². The number of fused-ring (bicyclic) bond motifs is 1. The number of carbonyl (C=O) groups is 1. The number of nitrogens with zero attached hydrogens (tertiary/aromatic N) is 3. The molecule has 0 saturated carbocycles. The summed E-state index contributed by atoms with van der Waals surface area (Å²) in [6.07, 6.45) is 24.5. The number of nitrogens with two attached hydrogens (primary N) is 3. The number of ketones is 1. The van der Waals surface area contributed by atoms with E-state index in [0.717, 1.165) is 76.3 Å². The molecule has 0 radical (unpaired) electrons. The number of nitrogen functional groups attached to an aromatic ring is 1. The van der Waals surface area contributed by atoms with Crippen molar-refractivity contribution >= 4 is 34.0 Å². The molecule has 3 aliphatic rings. The Balaban J connectivity index is 0.000000343. The van der Waals surface area contributed by atoms with Gasteiger partial charge in [-0.2, -0.15) is 9.46 Å². The van der Waals surface area contributed by atoms with Crippen molar-refractivity contribution in [1.29, 1.82) is 0 Å². The van der Waals surface area contributed by atoms with Gasteiger partial charge >= 0.3 is 0 Å². The number of halogens is 1. The Labute approximate surface area is 534 Å². The fourth-order valence-corrected chi connectivity index (χ4v) is 9.00. The van der Waals surface area contributed by atoms with Crippen molar-refractivity contribution in [2.45, 2.75) is 174 Å². The summed E-state index contributed by atoms with van der Waals surface area (Å²) in [6.45, 7) is 49.5. The van der Waals surface area contributed by atoms with Crippen molar-refractivity contribution in [3.8, 4) is 0 Å². The number of dihydropyridines is 2. The molecular formula is C75H106ClN9O3. The molecule has 9 N–H and O–H groups in total. The number of Topliss-reactive ketones (excluding diaryl/α,β-unsaturated/α-hetero) is 1. The zero-order chi connectivity index (χ0) is 66.7. The van der Waals surface area contributed by atoms with Crippen LogP contribution in [0.1, 0.15) is 198 Å². The normalized spacial score (nSPS) is 13.4. The van der Waals surface area contributed by atoms with E-state index in [-0.39, 0.29) is 5.78 Å². The van der Waals surface area contributed by atoms with Crippen molar-refractivity contribution < 1.29 is 14.3 Å². The number of aromatic nitrogens is 4. The Morgan fingerprint density at radius 1 is 0.557 bits per heavy atom. The third-order valence-corrected chi connectivity index (χ3v) is 14.1. The van der Waals surface area contributed by atoms with Crippen LogP contribution in [0.4, 0.5) is 5.69 Å². The molecular weight excluding hydrogens is 1110 g/mol. The summed E-state index contributed by atoms with van der Waals surface area (Å²) in [7, 11) is 0. The second-order valence-corrected chi connectivity index (χ2v) is 25.6. The molecule has 0 atom stereocenters. The molecule has 88 heavy (non-hydrogen) atoms. The third kappa shape index (κ3) is 28.6. The van der Waals surface area contributed by atoms with Gasteiger partial charge in [0.05, 0.1) is 0 Å². The van der Waals surface area contributed by atoms with Crippen molar-refractivity contribution in [2.24, 2.45) is 29.2 Å². The van der Waals surface area contributed by atoms with E-state index in [1.165, 1.54) is 38.8 Å². The van der Waals surface area contributed by atoms with Crippen LogP contribution in [0.2, 0.25) is 5.02 Å². The van der Waals surface area contributed by atoms with Crippen molar-refractivity contribution in [3.63, 3.8) is 0 Å². The zero-order valence-electron chi connectivity index (χ0n) is 56.7. The topological polar surface area (TPSA) is 202 Å². The molecule has 2 aromatic carbocycles. The second kappa shape index (κ2) is 37.6. The van der Waals surface area contributed by atoms with E-state index in [0.29, 0.717) is 59.6 Å². The van der Waals surface area contributed by atoms with Gasteiger partial charge < -0.3 is 43.2 Å². The average molecular weight is 1220 g/mol. The van der Waals surface area contributed by atoms with Gasteiger partial charge in [-0.25, -0.2) is 0 Å². The van der Waals surface area contributed by atoms with Crippen molar-refractivity contribution in [3.05, 3.63) is 259 Å². The molecule has 476 valence electrons. The molecule has 2 aliphatic heterocycles. The van der Waals surface area contributed by atoms with E-state index in [4.69, 9.17) is 28.8 Å². The number of rotatable bonds is 8. The average Bonchev–Trinajstić information content (AvgIpc) is 4.13. The number of allylic oxidation sites excluding steroid dienone is 10. The lowest BCUT2D eigenvalue weighted by atomic mass is 9.91. The molecule has 6 aromatic rings. The Kier molecular flexibility index (Phi) is 32.5. The van der Waals surface area contributed by atoms with Gasteiger partial charge in [-0.1, -0.05) is 171 Å². The SMILES string of the molecule is C=C1C=C(C(C)C)C=C(N)N1.C=C1C=C(N)C=C(C(C)C)N1.CC(C)c1cc(Cl)cc2[nH]ccc12.CC(C)c1cccc(N)c1.CC1=CCC(=O)C(C(C)C)=C1.Cc1cc(C(C)C)c[n+]([O-])c1.Cc1cc(C(C)C)c[n+]([O-])c1.Cc1cncc(C(C)C)c1. The summed E-state index contributed by atoms with van der Waals surface area (Å²) < 4.78 is 1.73. The molecule has 9 rings (SSSR count). The first-order valence-corrected chi connectivity index (χ1v) is 31.1. The second-order valence-electron chi connectivity index (χ2n) is 25.1. The summed E-state index contributed by atoms with van der Waals surface area (Å²) in [4.78, 5) is 18.5. The maximum Gasteiger partial charge on any atom is 0.183 e.